The van der Waals surface area contributed by atoms with Crippen molar-refractivity contribution in [1.29, 1.82) is 0 Å². The van der Waals surface area contributed by atoms with Gasteiger partial charge in [0, 0.05) is 12.8 Å². The Balaban J connectivity index is 2.80. The Morgan fingerprint density at radius 3 is 1.97 bits per heavy atom. The van der Waals surface area contributed by atoms with Crippen molar-refractivity contribution in [2.45, 2.75) is 122 Å². The number of rotatable bonds is 17. The maximum atomic E-state index is 12.8. The van der Waals surface area contributed by atoms with E-state index < -0.39 is 35.6 Å². The molecule has 0 saturated carbocycles. The number of ether oxygens (including phenoxy) is 3. The number of amides is 1. The van der Waals surface area contributed by atoms with Crippen molar-refractivity contribution in [1.82, 2.24) is 5.32 Å². The van der Waals surface area contributed by atoms with Gasteiger partial charge in [-0.25, -0.2) is 4.79 Å². The summed E-state index contributed by atoms with van der Waals surface area (Å²) in [5, 5.41) is 2.42. The summed E-state index contributed by atoms with van der Waals surface area (Å²) < 4.78 is 16.1. The van der Waals surface area contributed by atoms with Crippen molar-refractivity contribution < 1.29 is 33.4 Å². The molecule has 1 aliphatic heterocycles. The highest BCUT2D eigenvalue weighted by Gasteiger charge is 2.59. The minimum Gasteiger partial charge on any atom is -0.461 e. The van der Waals surface area contributed by atoms with Gasteiger partial charge in [0.1, 0.15) is 0 Å². The fraction of sp³-hybridized carbons (Fsp3) is 0.833. The first-order chi connectivity index (χ1) is 15.4. The van der Waals surface area contributed by atoms with Gasteiger partial charge in [-0.05, 0) is 19.3 Å². The van der Waals surface area contributed by atoms with Gasteiger partial charge < -0.3 is 19.5 Å². The average molecular weight is 456 g/mol. The van der Waals surface area contributed by atoms with E-state index in [1.54, 1.807) is 0 Å². The molecule has 8 nitrogen and oxygen atoms in total. The Morgan fingerprint density at radius 1 is 0.844 bits per heavy atom. The standard InChI is InChI=1S/C24H41NO7/c1-4-7-9-11-13-15-21(27)31-19-18-20(26)25-24(19,23(29)30-17-6-3)32-22(28)16-14-12-10-8-5-2/h19H,4-18H2,1-3H3,(H,25,26)/t19?,24-/m1/s1. The highest BCUT2D eigenvalue weighted by Crippen LogP contribution is 2.29. The van der Waals surface area contributed by atoms with Crippen LogP contribution in [0.5, 0.6) is 0 Å². The second kappa shape index (κ2) is 15.6. The molecule has 1 heterocycles. The van der Waals surface area contributed by atoms with Crippen LogP contribution in [0.3, 0.4) is 0 Å². The monoisotopic (exact) mass is 455 g/mol. The topological polar surface area (TPSA) is 108 Å². The molecule has 1 saturated heterocycles. The van der Waals surface area contributed by atoms with Crippen LogP contribution in [0.2, 0.25) is 0 Å². The van der Waals surface area contributed by atoms with Crippen LogP contribution < -0.4 is 5.32 Å². The highest BCUT2D eigenvalue weighted by atomic mass is 16.6. The lowest BCUT2D eigenvalue weighted by atomic mass is 10.1. The fourth-order valence-corrected chi connectivity index (χ4v) is 3.59. The van der Waals surface area contributed by atoms with Gasteiger partial charge in [-0.1, -0.05) is 72.1 Å². The van der Waals surface area contributed by atoms with Crippen LogP contribution in [-0.4, -0.2) is 42.3 Å². The number of esters is 3. The van der Waals surface area contributed by atoms with E-state index in [0.29, 0.717) is 19.3 Å². The maximum absolute atomic E-state index is 12.8. The third kappa shape index (κ3) is 9.57. The van der Waals surface area contributed by atoms with Crippen molar-refractivity contribution in [3.8, 4) is 0 Å². The lowest BCUT2D eigenvalue weighted by molar-refractivity contribution is -0.203. The van der Waals surface area contributed by atoms with Crippen molar-refractivity contribution in [2.75, 3.05) is 6.61 Å². The van der Waals surface area contributed by atoms with Crippen molar-refractivity contribution in [2.24, 2.45) is 0 Å². The highest BCUT2D eigenvalue weighted by molar-refractivity contribution is 5.94. The van der Waals surface area contributed by atoms with Crippen molar-refractivity contribution in [3.63, 3.8) is 0 Å². The van der Waals surface area contributed by atoms with Gasteiger partial charge in [0.25, 0.3) is 0 Å². The Kier molecular flexibility index (Phi) is 13.6. The molecule has 1 amide bonds. The molecule has 0 aromatic carbocycles. The van der Waals surface area contributed by atoms with Crippen LogP contribution in [0.25, 0.3) is 0 Å². The summed E-state index contributed by atoms with van der Waals surface area (Å²) in [7, 11) is 0. The SMILES string of the molecule is CCCCCCCC(=O)OC1CC(=O)N[C@]1(OC(=O)CCCCCCC)C(=O)OCCC. The molecule has 184 valence electrons. The van der Waals surface area contributed by atoms with Gasteiger partial charge in [0.2, 0.25) is 5.91 Å². The van der Waals surface area contributed by atoms with Crippen LogP contribution in [0.15, 0.2) is 0 Å². The van der Waals surface area contributed by atoms with Crippen LogP contribution >= 0.6 is 0 Å². The van der Waals surface area contributed by atoms with E-state index in [1.165, 1.54) is 0 Å². The molecule has 1 rings (SSSR count). The second-order valence-electron chi connectivity index (χ2n) is 8.40. The molecule has 0 aliphatic carbocycles. The van der Waals surface area contributed by atoms with Crippen LogP contribution in [-0.2, 0) is 33.4 Å². The Bertz CT molecular complexity index is 607. The summed E-state index contributed by atoms with van der Waals surface area (Å²) in [5.41, 5.74) is -2.12. The summed E-state index contributed by atoms with van der Waals surface area (Å²) >= 11 is 0. The number of carbonyl (C=O) groups is 4. The van der Waals surface area contributed by atoms with E-state index in [9.17, 15) is 19.2 Å². The fourth-order valence-electron chi connectivity index (χ4n) is 3.59. The third-order valence-electron chi connectivity index (χ3n) is 5.41. The Morgan fingerprint density at radius 2 is 1.41 bits per heavy atom. The minimum atomic E-state index is -2.12. The maximum Gasteiger partial charge on any atom is 0.376 e. The molecule has 1 fully saturated rings. The third-order valence-corrected chi connectivity index (χ3v) is 5.41. The first-order valence-corrected chi connectivity index (χ1v) is 12.3. The normalized spacial score (nSPS) is 20.0. The van der Waals surface area contributed by atoms with E-state index in [0.717, 1.165) is 51.4 Å². The lowest BCUT2D eigenvalue weighted by Crippen LogP contribution is -2.60. The number of nitrogens with one attached hydrogen (secondary N) is 1. The summed E-state index contributed by atoms with van der Waals surface area (Å²) in [5.74, 6) is -2.59. The van der Waals surface area contributed by atoms with Gasteiger partial charge in [-0.3, -0.25) is 14.4 Å². The number of hydrogen-bond acceptors (Lipinski definition) is 7. The smallest absolute Gasteiger partial charge is 0.376 e. The average Bonchev–Trinajstić information content (AvgIpc) is 3.06. The predicted molar refractivity (Wildman–Crippen MR) is 119 cm³/mol. The van der Waals surface area contributed by atoms with E-state index in [2.05, 4.69) is 19.2 Å². The zero-order valence-corrected chi connectivity index (χ0v) is 20.0. The molecule has 2 atom stereocenters. The summed E-state index contributed by atoms with van der Waals surface area (Å²) in [6, 6.07) is 0. The molecule has 0 aromatic heterocycles. The van der Waals surface area contributed by atoms with Gasteiger partial charge in [0.05, 0.1) is 13.0 Å². The van der Waals surface area contributed by atoms with E-state index >= 15 is 0 Å². The summed E-state index contributed by atoms with van der Waals surface area (Å²) in [6.45, 7) is 6.14. The van der Waals surface area contributed by atoms with Crippen LogP contribution in [0, 0.1) is 0 Å². The number of hydrogen-bond donors (Lipinski definition) is 1. The van der Waals surface area contributed by atoms with Crippen molar-refractivity contribution in [3.05, 3.63) is 0 Å². The summed E-state index contributed by atoms with van der Waals surface area (Å²) in [4.78, 5) is 49.9. The molecule has 0 aromatic rings. The molecule has 0 radical (unpaired) electrons. The molecule has 0 spiro atoms. The Hall–Kier alpha value is -2.12. The predicted octanol–water partition coefficient (Wildman–Crippen LogP) is 4.33. The minimum absolute atomic E-state index is 0.100. The van der Waals surface area contributed by atoms with E-state index in [-0.39, 0.29) is 25.9 Å². The molecule has 8 heteroatoms. The van der Waals surface area contributed by atoms with Crippen LogP contribution in [0.4, 0.5) is 0 Å². The first-order valence-electron chi connectivity index (χ1n) is 12.3. The molecule has 1 aliphatic rings. The number of unbranched alkanes of at least 4 members (excludes halogenated alkanes) is 8. The molecular formula is C24H41NO7. The quantitative estimate of drug-likeness (QED) is 0.197. The van der Waals surface area contributed by atoms with Gasteiger partial charge in [0.15, 0.2) is 6.10 Å². The summed E-state index contributed by atoms with van der Waals surface area (Å²) in [6.07, 6.45) is 8.86. The van der Waals surface area contributed by atoms with Crippen LogP contribution in [0.1, 0.15) is 111 Å². The molecule has 0 bridgehead atoms. The zero-order valence-electron chi connectivity index (χ0n) is 20.0. The van der Waals surface area contributed by atoms with E-state index in [4.69, 9.17) is 14.2 Å². The zero-order chi connectivity index (χ0) is 23.8. The first kappa shape index (κ1) is 27.9. The van der Waals surface area contributed by atoms with E-state index in [1.807, 2.05) is 6.92 Å². The van der Waals surface area contributed by atoms with Crippen molar-refractivity contribution >= 4 is 23.8 Å². The van der Waals surface area contributed by atoms with Gasteiger partial charge >= 0.3 is 23.6 Å². The number of carbonyl (C=O) groups excluding carboxylic acids is 4. The van der Waals surface area contributed by atoms with Gasteiger partial charge in [-0.2, -0.15) is 0 Å². The largest absolute Gasteiger partial charge is 0.461 e. The molecule has 1 unspecified atom stereocenters. The van der Waals surface area contributed by atoms with Gasteiger partial charge in [-0.15, -0.1) is 0 Å². The molecule has 32 heavy (non-hydrogen) atoms. The second-order valence-corrected chi connectivity index (χ2v) is 8.40. The molecule has 1 N–H and O–H groups in total. The Labute approximate surface area is 192 Å². The lowest BCUT2D eigenvalue weighted by Gasteiger charge is -2.31. The molecular weight excluding hydrogens is 414 g/mol.